The van der Waals surface area contributed by atoms with Crippen molar-refractivity contribution in [1.29, 1.82) is 0 Å². The molecular formula is C17H13Cl2N3O. The minimum Gasteiger partial charge on any atom is -0.495 e. The van der Waals surface area contributed by atoms with Crippen molar-refractivity contribution < 1.29 is 4.74 Å². The first-order valence-electron chi connectivity index (χ1n) is 6.82. The van der Waals surface area contributed by atoms with Gasteiger partial charge in [0.05, 0.1) is 12.1 Å². The lowest BCUT2D eigenvalue weighted by Gasteiger charge is -2.11. The number of hydrogen-bond acceptors (Lipinski definition) is 4. The van der Waals surface area contributed by atoms with Crippen LogP contribution in [0.5, 0.6) is 5.75 Å². The maximum absolute atomic E-state index is 6.23. The molecule has 23 heavy (non-hydrogen) atoms. The molecule has 0 atom stereocenters. The fraction of sp³-hybridized carbons (Fsp3) is 0.0588. The molecule has 2 aromatic carbocycles. The van der Waals surface area contributed by atoms with Crippen LogP contribution >= 0.6 is 23.2 Å². The van der Waals surface area contributed by atoms with E-state index < -0.39 is 0 Å². The molecule has 0 radical (unpaired) electrons. The summed E-state index contributed by atoms with van der Waals surface area (Å²) in [6, 6.07) is 14.8. The Kier molecular flexibility index (Phi) is 4.37. The number of rotatable bonds is 3. The molecule has 1 aromatic heterocycles. The van der Waals surface area contributed by atoms with Crippen molar-refractivity contribution in [3.63, 3.8) is 0 Å². The average Bonchev–Trinajstić information content (AvgIpc) is 2.54. The molecule has 0 spiro atoms. The molecule has 4 nitrogen and oxygen atoms in total. The van der Waals surface area contributed by atoms with Crippen molar-refractivity contribution in [2.45, 2.75) is 0 Å². The van der Waals surface area contributed by atoms with Crippen molar-refractivity contribution in [3.8, 4) is 28.3 Å². The average molecular weight is 346 g/mol. The molecule has 0 aliphatic rings. The maximum atomic E-state index is 6.23. The summed E-state index contributed by atoms with van der Waals surface area (Å²) < 4.78 is 5.19. The second kappa shape index (κ2) is 6.44. The van der Waals surface area contributed by atoms with E-state index in [0.717, 1.165) is 16.7 Å². The molecule has 0 saturated heterocycles. The van der Waals surface area contributed by atoms with E-state index in [1.807, 2.05) is 42.5 Å². The first-order chi connectivity index (χ1) is 11.1. The summed E-state index contributed by atoms with van der Waals surface area (Å²) in [5.74, 6) is 1.41. The van der Waals surface area contributed by atoms with E-state index in [1.54, 1.807) is 7.11 Å². The van der Waals surface area contributed by atoms with E-state index in [1.165, 1.54) is 6.07 Å². The predicted molar refractivity (Wildman–Crippen MR) is 93.9 cm³/mol. The lowest BCUT2D eigenvalue weighted by Crippen LogP contribution is -1.97. The first-order valence-corrected chi connectivity index (χ1v) is 7.57. The summed E-state index contributed by atoms with van der Waals surface area (Å²) in [6.07, 6.45) is 0. The zero-order valence-electron chi connectivity index (χ0n) is 12.3. The van der Waals surface area contributed by atoms with Gasteiger partial charge in [0.1, 0.15) is 16.7 Å². The van der Waals surface area contributed by atoms with E-state index in [-0.39, 0.29) is 0 Å². The van der Waals surface area contributed by atoms with Crippen LogP contribution in [0.25, 0.3) is 22.5 Å². The standard InChI is InChI=1S/C17H13Cl2N3O/c1-23-14-7-6-10(8-13(14)18)11-4-2-3-5-12(11)17-21-15(19)9-16(20)22-17/h2-9H,1H3,(H2,20,21,22). The molecule has 0 saturated carbocycles. The topological polar surface area (TPSA) is 61.0 Å². The van der Waals surface area contributed by atoms with Crippen LogP contribution in [0.4, 0.5) is 5.82 Å². The van der Waals surface area contributed by atoms with Crippen molar-refractivity contribution in [1.82, 2.24) is 9.97 Å². The fourth-order valence-corrected chi connectivity index (χ4v) is 2.77. The van der Waals surface area contributed by atoms with Gasteiger partial charge < -0.3 is 10.5 Å². The van der Waals surface area contributed by atoms with Crippen molar-refractivity contribution >= 4 is 29.0 Å². The third-order valence-electron chi connectivity index (χ3n) is 3.35. The molecule has 0 aliphatic carbocycles. The van der Waals surface area contributed by atoms with Crippen LogP contribution in [0.1, 0.15) is 0 Å². The molecule has 0 unspecified atom stereocenters. The van der Waals surface area contributed by atoms with Gasteiger partial charge in [0, 0.05) is 11.6 Å². The van der Waals surface area contributed by atoms with Crippen LogP contribution in [0.2, 0.25) is 10.2 Å². The first kappa shape index (κ1) is 15.6. The quantitative estimate of drug-likeness (QED) is 0.698. The highest BCUT2D eigenvalue weighted by molar-refractivity contribution is 6.32. The number of hydrogen-bond donors (Lipinski definition) is 1. The second-order valence-electron chi connectivity index (χ2n) is 4.83. The summed E-state index contributed by atoms with van der Waals surface area (Å²) in [7, 11) is 1.58. The van der Waals surface area contributed by atoms with Crippen LogP contribution in [-0.2, 0) is 0 Å². The van der Waals surface area contributed by atoms with Crippen molar-refractivity contribution in [3.05, 3.63) is 58.7 Å². The second-order valence-corrected chi connectivity index (χ2v) is 5.63. The van der Waals surface area contributed by atoms with Gasteiger partial charge >= 0.3 is 0 Å². The summed E-state index contributed by atoms with van der Waals surface area (Å²) in [4.78, 5) is 8.53. The molecule has 0 amide bonds. The lowest BCUT2D eigenvalue weighted by molar-refractivity contribution is 0.415. The molecule has 0 fully saturated rings. The van der Waals surface area contributed by atoms with Crippen LogP contribution in [0.3, 0.4) is 0 Å². The largest absolute Gasteiger partial charge is 0.495 e. The number of benzene rings is 2. The number of nitrogens with zero attached hydrogens (tertiary/aromatic N) is 2. The monoisotopic (exact) mass is 345 g/mol. The van der Waals surface area contributed by atoms with Crippen LogP contribution < -0.4 is 10.5 Å². The van der Waals surface area contributed by atoms with Gasteiger partial charge in [-0.1, -0.05) is 53.5 Å². The van der Waals surface area contributed by atoms with Gasteiger partial charge in [-0.05, 0) is 23.3 Å². The Morgan fingerprint density at radius 2 is 1.70 bits per heavy atom. The Morgan fingerprint density at radius 3 is 2.35 bits per heavy atom. The lowest BCUT2D eigenvalue weighted by atomic mass is 9.99. The van der Waals surface area contributed by atoms with E-state index >= 15 is 0 Å². The molecule has 116 valence electrons. The number of ether oxygens (including phenoxy) is 1. The Hall–Kier alpha value is -2.30. The molecular weight excluding hydrogens is 333 g/mol. The van der Waals surface area contributed by atoms with Crippen LogP contribution in [-0.4, -0.2) is 17.1 Å². The normalized spacial score (nSPS) is 10.6. The number of halogens is 2. The highest BCUT2D eigenvalue weighted by Gasteiger charge is 2.12. The van der Waals surface area contributed by atoms with Gasteiger partial charge in [-0.25, -0.2) is 9.97 Å². The van der Waals surface area contributed by atoms with E-state index in [4.69, 9.17) is 33.7 Å². The highest BCUT2D eigenvalue weighted by atomic mass is 35.5. The number of anilines is 1. The van der Waals surface area contributed by atoms with Gasteiger partial charge in [0.15, 0.2) is 5.82 Å². The number of nitrogens with two attached hydrogens (primary N) is 1. The zero-order valence-corrected chi connectivity index (χ0v) is 13.8. The van der Waals surface area contributed by atoms with Gasteiger partial charge in [-0.3, -0.25) is 0 Å². The highest BCUT2D eigenvalue weighted by Crippen LogP contribution is 2.35. The Balaban J connectivity index is 2.16. The summed E-state index contributed by atoms with van der Waals surface area (Å²) in [6.45, 7) is 0. The molecule has 3 aromatic rings. The number of nitrogen functional groups attached to an aromatic ring is 1. The number of aromatic nitrogens is 2. The molecule has 3 rings (SSSR count). The van der Waals surface area contributed by atoms with Crippen LogP contribution in [0, 0.1) is 0 Å². The van der Waals surface area contributed by atoms with Gasteiger partial charge in [-0.15, -0.1) is 0 Å². The zero-order chi connectivity index (χ0) is 16.4. The predicted octanol–water partition coefficient (Wildman–Crippen LogP) is 4.71. The van der Waals surface area contributed by atoms with E-state index in [9.17, 15) is 0 Å². The summed E-state index contributed by atoms with van der Waals surface area (Å²) in [5, 5.41) is 0.835. The fourth-order valence-electron chi connectivity index (χ4n) is 2.32. The van der Waals surface area contributed by atoms with Crippen molar-refractivity contribution in [2.75, 3.05) is 12.8 Å². The maximum Gasteiger partial charge on any atom is 0.163 e. The van der Waals surface area contributed by atoms with Crippen molar-refractivity contribution in [2.24, 2.45) is 0 Å². The third kappa shape index (κ3) is 3.23. The molecule has 2 N–H and O–H groups in total. The van der Waals surface area contributed by atoms with Crippen LogP contribution in [0.15, 0.2) is 48.5 Å². The smallest absolute Gasteiger partial charge is 0.163 e. The minimum absolute atomic E-state index is 0.301. The Bertz CT molecular complexity index is 848. The van der Waals surface area contributed by atoms with Gasteiger partial charge in [-0.2, -0.15) is 0 Å². The minimum atomic E-state index is 0.301. The SMILES string of the molecule is COc1ccc(-c2ccccc2-c2nc(N)cc(Cl)n2)cc1Cl. The molecule has 0 aliphatic heterocycles. The Morgan fingerprint density at radius 1 is 0.957 bits per heavy atom. The summed E-state index contributed by atoms with van der Waals surface area (Å²) in [5.41, 5.74) is 8.45. The third-order valence-corrected chi connectivity index (χ3v) is 3.83. The Labute approximate surface area is 143 Å². The molecule has 6 heteroatoms. The summed E-state index contributed by atoms with van der Waals surface area (Å²) >= 11 is 12.2. The van der Waals surface area contributed by atoms with Gasteiger partial charge in [0.25, 0.3) is 0 Å². The molecule has 1 heterocycles. The van der Waals surface area contributed by atoms with Gasteiger partial charge in [0.2, 0.25) is 0 Å². The van der Waals surface area contributed by atoms with E-state index in [2.05, 4.69) is 9.97 Å². The van der Waals surface area contributed by atoms with E-state index in [0.29, 0.717) is 27.6 Å². The molecule has 0 bridgehead atoms. The number of methoxy groups -OCH3 is 1.